The molecule has 0 saturated carbocycles. The van der Waals surface area contributed by atoms with Crippen LogP contribution in [0.1, 0.15) is 36.1 Å². The van der Waals surface area contributed by atoms with E-state index in [2.05, 4.69) is 10.3 Å². The van der Waals surface area contributed by atoms with Crippen molar-refractivity contribution in [3.8, 4) is 11.5 Å². The van der Waals surface area contributed by atoms with E-state index < -0.39 is 0 Å². The van der Waals surface area contributed by atoms with E-state index in [-0.39, 0.29) is 24.7 Å². The van der Waals surface area contributed by atoms with Crippen molar-refractivity contribution in [3.63, 3.8) is 0 Å². The second-order valence-electron chi connectivity index (χ2n) is 5.57. The van der Waals surface area contributed by atoms with E-state index in [9.17, 15) is 10.2 Å². The second kappa shape index (κ2) is 8.16. The summed E-state index contributed by atoms with van der Waals surface area (Å²) in [4.78, 5) is 0. The predicted octanol–water partition coefficient (Wildman–Crippen LogP) is 3.21. The summed E-state index contributed by atoms with van der Waals surface area (Å²) in [5, 5.41) is 43.4. The Kier molecular flexibility index (Phi) is 5.97. The van der Waals surface area contributed by atoms with Crippen LogP contribution in [0.15, 0.2) is 46.7 Å². The summed E-state index contributed by atoms with van der Waals surface area (Å²) in [6, 6.07) is 9.85. The van der Waals surface area contributed by atoms with Gasteiger partial charge < -0.3 is 25.4 Å². The fourth-order valence-corrected chi connectivity index (χ4v) is 2.32. The van der Waals surface area contributed by atoms with Crippen molar-refractivity contribution >= 4 is 11.4 Å². The average molecular weight is 344 g/mol. The topological polar surface area (TPSA) is 115 Å². The highest BCUT2D eigenvalue weighted by Crippen LogP contribution is 2.22. The Balaban J connectivity index is 2.06. The van der Waals surface area contributed by atoms with Crippen LogP contribution in [0, 0.1) is 0 Å². The minimum absolute atomic E-state index is 0.0287. The lowest BCUT2D eigenvalue weighted by Gasteiger charge is -2.09. The molecule has 0 atom stereocenters. The normalized spacial score (nSPS) is 12.4. The molecular formula is C18H20N2O5. The van der Waals surface area contributed by atoms with Crippen molar-refractivity contribution in [2.45, 2.75) is 27.1 Å². The molecule has 0 aliphatic heterocycles. The van der Waals surface area contributed by atoms with Crippen LogP contribution in [0.3, 0.4) is 0 Å². The number of oxime groups is 2. The van der Waals surface area contributed by atoms with Crippen LogP contribution in [0.2, 0.25) is 0 Å². The van der Waals surface area contributed by atoms with Crippen molar-refractivity contribution in [2.24, 2.45) is 10.3 Å². The Hall–Kier alpha value is -3.06. The minimum atomic E-state index is 0.0287. The van der Waals surface area contributed by atoms with Crippen molar-refractivity contribution in [1.29, 1.82) is 0 Å². The molecule has 0 heterocycles. The van der Waals surface area contributed by atoms with Crippen LogP contribution in [-0.2, 0) is 18.0 Å². The number of hydrogen-bond acceptors (Lipinski definition) is 7. The first-order valence-corrected chi connectivity index (χ1v) is 7.55. The number of aromatic hydroxyl groups is 2. The quantitative estimate of drug-likeness (QED) is 0.365. The molecule has 0 radical (unpaired) electrons. The van der Waals surface area contributed by atoms with Gasteiger partial charge in [-0.1, -0.05) is 22.4 Å². The first-order chi connectivity index (χ1) is 12.0. The molecule has 0 fully saturated rings. The summed E-state index contributed by atoms with van der Waals surface area (Å²) in [7, 11) is 0. The molecule has 7 heteroatoms. The molecule has 0 bridgehead atoms. The van der Waals surface area contributed by atoms with E-state index in [0.29, 0.717) is 22.6 Å². The Morgan fingerprint density at radius 1 is 0.800 bits per heavy atom. The first-order valence-electron chi connectivity index (χ1n) is 7.55. The van der Waals surface area contributed by atoms with E-state index >= 15 is 0 Å². The standard InChI is InChI=1S/C18H20N2O5/c1-11(19-23)15-7-13(3-5-17(15)21)9-25-10-14-4-6-18(22)16(8-14)12(2)20-24/h3-8,21-24H,9-10H2,1-2H3/b19-11+,20-12+. The highest BCUT2D eigenvalue weighted by Gasteiger charge is 2.09. The minimum Gasteiger partial charge on any atom is -0.507 e. The van der Waals surface area contributed by atoms with Crippen molar-refractivity contribution < 1.29 is 25.4 Å². The Morgan fingerprint density at radius 2 is 1.20 bits per heavy atom. The summed E-state index contributed by atoms with van der Waals surface area (Å²) in [6.45, 7) is 3.75. The van der Waals surface area contributed by atoms with Crippen LogP contribution in [0.5, 0.6) is 11.5 Å². The molecule has 0 aliphatic carbocycles. The van der Waals surface area contributed by atoms with Gasteiger partial charge in [-0.25, -0.2) is 0 Å². The summed E-state index contributed by atoms with van der Waals surface area (Å²) >= 11 is 0. The molecule has 0 aromatic heterocycles. The molecule has 132 valence electrons. The number of hydrogen-bond donors (Lipinski definition) is 4. The van der Waals surface area contributed by atoms with E-state index in [1.54, 1.807) is 38.1 Å². The smallest absolute Gasteiger partial charge is 0.124 e. The SMILES string of the molecule is C/C(=N\O)c1cc(COCc2ccc(O)c(/C(C)=N/O)c2)ccc1O. The number of phenolic OH excluding ortho intramolecular Hbond substituents is 2. The van der Waals surface area contributed by atoms with Gasteiger partial charge >= 0.3 is 0 Å². The zero-order valence-electron chi connectivity index (χ0n) is 14.0. The molecule has 0 spiro atoms. The van der Waals surface area contributed by atoms with Crippen LogP contribution in [-0.4, -0.2) is 32.1 Å². The molecule has 0 aliphatic rings. The molecule has 0 unspecified atom stereocenters. The predicted molar refractivity (Wildman–Crippen MR) is 92.7 cm³/mol. The lowest BCUT2D eigenvalue weighted by Crippen LogP contribution is -2.01. The molecule has 0 saturated heterocycles. The number of rotatable bonds is 6. The Labute approximate surface area is 145 Å². The summed E-state index contributed by atoms with van der Waals surface area (Å²) < 4.78 is 5.65. The summed E-state index contributed by atoms with van der Waals surface area (Å²) in [5.41, 5.74) is 3.10. The Morgan fingerprint density at radius 3 is 1.56 bits per heavy atom. The zero-order valence-corrected chi connectivity index (χ0v) is 14.0. The number of ether oxygens (including phenoxy) is 1. The molecule has 2 rings (SSSR count). The van der Waals surface area contributed by atoms with Crippen molar-refractivity contribution in [3.05, 3.63) is 58.7 Å². The van der Waals surface area contributed by atoms with Gasteiger partial charge in [0.1, 0.15) is 11.5 Å². The maximum Gasteiger partial charge on any atom is 0.124 e. The fraction of sp³-hybridized carbons (Fsp3) is 0.222. The molecular weight excluding hydrogens is 324 g/mol. The van der Waals surface area contributed by atoms with Crippen LogP contribution < -0.4 is 0 Å². The number of nitrogens with zero attached hydrogens (tertiary/aromatic N) is 2. The zero-order chi connectivity index (χ0) is 18.4. The molecule has 2 aromatic carbocycles. The summed E-state index contributed by atoms with van der Waals surface area (Å²) in [6.07, 6.45) is 0. The monoisotopic (exact) mass is 344 g/mol. The van der Waals surface area contributed by atoms with Gasteiger partial charge in [0.05, 0.1) is 24.6 Å². The van der Waals surface area contributed by atoms with E-state index in [1.165, 1.54) is 12.1 Å². The number of benzene rings is 2. The van der Waals surface area contributed by atoms with E-state index in [0.717, 1.165) is 11.1 Å². The van der Waals surface area contributed by atoms with Gasteiger partial charge in [0, 0.05) is 11.1 Å². The van der Waals surface area contributed by atoms with Crippen LogP contribution in [0.25, 0.3) is 0 Å². The molecule has 7 nitrogen and oxygen atoms in total. The largest absolute Gasteiger partial charge is 0.507 e. The second-order valence-corrected chi connectivity index (χ2v) is 5.57. The van der Waals surface area contributed by atoms with Gasteiger partial charge in [-0.2, -0.15) is 0 Å². The Bertz CT molecular complexity index is 748. The van der Waals surface area contributed by atoms with Crippen molar-refractivity contribution in [1.82, 2.24) is 0 Å². The third-order valence-corrected chi connectivity index (χ3v) is 3.74. The lowest BCUT2D eigenvalue weighted by atomic mass is 10.1. The number of phenols is 2. The van der Waals surface area contributed by atoms with Gasteiger partial charge in [-0.05, 0) is 49.2 Å². The van der Waals surface area contributed by atoms with E-state index in [1.807, 2.05) is 0 Å². The average Bonchev–Trinajstić information content (AvgIpc) is 2.63. The third-order valence-electron chi connectivity index (χ3n) is 3.74. The maximum atomic E-state index is 9.78. The van der Waals surface area contributed by atoms with Gasteiger partial charge in [-0.3, -0.25) is 0 Å². The van der Waals surface area contributed by atoms with Gasteiger partial charge in [-0.15, -0.1) is 0 Å². The van der Waals surface area contributed by atoms with Gasteiger partial charge in [0.2, 0.25) is 0 Å². The highest BCUT2D eigenvalue weighted by molar-refractivity contribution is 6.01. The lowest BCUT2D eigenvalue weighted by molar-refractivity contribution is 0.107. The van der Waals surface area contributed by atoms with Gasteiger partial charge in [0.15, 0.2) is 0 Å². The van der Waals surface area contributed by atoms with Crippen molar-refractivity contribution in [2.75, 3.05) is 0 Å². The molecule has 0 amide bonds. The maximum absolute atomic E-state index is 9.78. The molecule has 4 N–H and O–H groups in total. The highest BCUT2D eigenvalue weighted by atomic mass is 16.5. The van der Waals surface area contributed by atoms with Gasteiger partial charge in [0.25, 0.3) is 0 Å². The van der Waals surface area contributed by atoms with Crippen LogP contribution in [0.4, 0.5) is 0 Å². The van der Waals surface area contributed by atoms with E-state index in [4.69, 9.17) is 15.2 Å². The molecule has 25 heavy (non-hydrogen) atoms. The fourth-order valence-electron chi connectivity index (χ4n) is 2.32. The third kappa shape index (κ3) is 4.48. The summed E-state index contributed by atoms with van der Waals surface area (Å²) in [5.74, 6) is 0.0574. The van der Waals surface area contributed by atoms with Crippen LogP contribution >= 0.6 is 0 Å². The molecule has 2 aromatic rings. The first kappa shape index (κ1) is 18.3.